The lowest BCUT2D eigenvalue weighted by Crippen LogP contribution is -2.48. The van der Waals surface area contributed by atoms with Crippen LogP contribution in [0.2, 0.25) is 0 Å². The average Bonchev–Trinajstić information content (AvgIpc) is 3.25. The van der Waals surface area contributed by atoms with Gasteiger partial charge in [-0.1, -0.05) is 60.7 Å². The lowest BCUT2D eigenvalue weighted by atomic mass is 9.73. The number of ether oxygens (including phenoxy) is 2. The number of benzene rings is 2. The van der Waals surface area contributed by atoms with Gasteiger partial charge < -0.3 is 14.6 Å². The van der Waals surface area contributed by atoms with Crippen LogP contribution in [0, 0.1) is 0 Å². The highest BCUT2D eigenvalue weighted by Gasteiger charge is 2.76. The van der Waals surface area contributed by atoms with Crippen LogP contribution in [-0.2, 0) is 25.5 Å². The van der Waals surface area contributed by atoms with Crippen LogP contribution in [0.15, 0.2) is 60.7 Å². The van der Waals surface area contributed by atoms with E-state index in [0.29, 0.717) is 5.56 Å². The molecule has 4 heteroatoms. The molecule has 1 N–H and O–H groups in total. The van der Waals surface area contributed by atoms with Crippen molar-refractivity contribution in [1.82, 2.24) is 0 Å². The average molecular weight is 282 g/mol. The van der Waals surface area contributed by atoms with E-state index in [4.69, 9.17) is 9.47 Å². The third kappa shape index (κ3) is 1.60. The van der Waals surface area contributed by atoms with Gasteiger partial charge in [-0.25, -0.2) is 0 Å². The lowest BCUT2D eigenvalue weighted by molar-refractivity contribution is -0.165. The zero-order chi connectivity index (χ0) is 14.5. The fourth-order valence-electron chi connectivity index (χ4n) is 3.19. The van der Waals surface area contributed by atoms with Crippen molar-refractivity contribution in [3.8, 4) is 0 Å². The summed E-state index contributed by atoms with van der Waals surface area (Å²) in [7, 11) is 0. The summed E-state index contributed by atoms with van der Waals surface area (Å²) in [6, 6.07) is 18.6. The van der Waals surface area contributed by atoms with Crippen LogP contribution in [0.3, 0.4) is 0 Å². The summed E-state index contributed by atoms with van der Waals surface area (Å²) in [5.41, 5.74) is -0.957. The smallest absolute Gasteiger partial charge is 0.311 e. The van der Waals surface area contributed by atoms with Crippen LogP contribution >= 0.6 is 0 Å². The number of esters is 1. The van der Waals surface area contributed by atoms with Gasteiger partial charge in [-0.05, 0) is 11.1 Å². The Hall–Kier alpha value is -2.17. The molecule has 2 heterocycles. The first-order valence-electron chi connectivity index (χ1n) is 6.87. The normalized spacial score (nSPS) is 34.0. The fourth-order valence-corrected chi connectivity index (χ4v) is 3.19. The number of hydrogen-bond acceptors (Lipinski definition) is 4. The van der Waals surface area contributed by atoms with Crippen molar-refractivity contribution in [3.63, 3.8) is 0 Å². The maximum absolute atomic E-state index is 11.8. The van der Waals surface area contributed by atoms with E-state index in [1.807, 2.05) is 60.7 Å². The van der Waals surface area contributed by atoms with E-state index < -0.39 is 23.5 Å². The number of aliphatic hydroxyl groups is 1. The summed E-state index contributed by atoms with van der Waals surface area (Å²) in [6.45, 7) is 0. The maximum atomic E-state index is 11.8. The van der Waals surface area contributed by atoms with Crippen molar-refractivity contribution >= 4 is 5.97 Å². The highest BCUT2D eigenvalue weighted by molar-refractivity contribution is 5.74. The van der Waals surface area contributed by atoms with Gasteiger partial charge in [-0.15, -0.1) is 0 Å². The first-order valence-corrected chi connectivity index (χ1v) is 6.87. The van der Waals surface area contributed by atoms with Crippen molar-refractivity contribution in [1.29, 1.82) is 0 Å². The van der Waals surface area contributed by atoms with E-state index in [9.17, 15) is 9.90 Å². The monoisotopic (exact) mass is 282 g/mol. The van der Waals surface area contributed by atoms with Crippen molar-refractivity contribution in [2.24, 2.45) is 0 Å². The van der Waals surface area contributed by atoms with E-state index in [2.05, 4.69) is 0 Å². The van der Waals surface area contributed by atoms with Gasteiger partial charge >= 0.3 is 5.97 Å². The molecule has 2 saturated heterocycles. The third-order valence-electron chi connectivity index (χ3n) is 4.27. The summed E-state index contributed by atoms with van der Waals surface area (Å²) in [5, 5.41) is 11.3. The van der Waals surface area contributed by atoms with Gasteiger partial charge in [-0.2, -0.15) is 0 Å². The topological polar surface area (TPSA) is 59.1 Å². The molecule has 4 nitrogen and oxygen atoms in total. The SMILES string of the molecule is O=C1C[C@@](O)(c2ccccc2)[C@@]2(c3ccccc3)O[C@H]2O1. The van der Waals surface area contributed by atoms with Crippen LogP contribution < -0.4 is 0 Å². The Bertz CT molecular complexity index is 684. The zero-order valence-corrected chi connectivity index (χ0v) is 11.2. The van der Waals surface area contributed by atoms with E-state index >= 15 is 0 Å². The first-order chi connectivity index (χ1) is 10.2. The van der Waals surface area contributed by atoms with E-state index in [1.54, 1.807) is 0 Å². The molecule has 4 rings (SSSR count). The number of hydrogen-bond donors (Lipinski definition) is 1. The van der Waals surface area contributed by atoms with Crippen molar-refractivity contribution < 1.29 is 19.4 Å². The summed E-state index contributed by atoms with van der Waals surface area (Å²) in [4.78, 5) is 11.8. The van der Waals surface area contributed by atoms with Crippen LogP contribution in [0.25, 0.3) is 0 Å². The molecule has 0 radical (unpaired) electrons. The van der Waals surface area contributed by atoms with Crippen molar-refractivity contribution in [2.75, 3.05) is 0 Å². The summed E-state index contributed by atoms with van der Waals surface area (Å²) in [5.74, 6) is -0.449. The molecule has 21 heavy (non-hydrogen) atoms. The number of epoxide rings is 1. The Morgan fingerprint density at radius 2 is 1.52 bits per heavy atom. The van der Waals surface area contributed by atoms with E-state index in [1.165, 1.54) is 0 Å². The molecule has 0 aliphatic carbocycles. The van der Waals surface area contributed by atoms with E-state index in [-0.39, 0.29) is 6.42 Å². The molecule has 0 bridgehead atoms. The van der Waals surface area contributed by atoms with Gasteiger partial charge in [0.05, 0.1) is 6.42 Å². The Labute approximate surface area is 121 Å². The van der Waals surface area contributed by atoms with Crippen LogP contribution in [0.1, 0.15) is 17.5 Å². The molecule has 0 spiro atoms. The molecule has 3 atom stereocenters. The molecule has 0 aromatic heterocycles. The summed E-state index contributed by atoms with van der Waals surface area (Å²) in [6.07, 6.45) is -0.853. The number of rotatable bonds is 2. The fraction of sp³-hybridized carbons (Fsp3) is 0.235. The molecule has 2 aromatic rings. The Balaban J connectivity index is 1.89. The Morgan fingerprint density at radius 3 is 2.14 bits per heavy atom. The molecule has 0 amide bonds. The third-order valence-corrected chi connectivity index (χ3v) is 4.27. The Morgan fingerprint density at radius 1 is 0.952 bits per heavy atom. The molecular formula is C17H14O4. The van der Waals surface area contributed by atoms with Crippen molar-refractivity contribution in [2.45, 2.75) is 23.9 Å². The zero-order valence-electron chi connectivity index (χ0n) is 11.2. The number of fused-ring (bicyclic) bond motifs is 1. The first kappa shape index (κ1) is 12.6. The van der Waals surface area contributed by atoms with Gasteiger partial charge in [-0.3, -0.25) is 4.79 Å². The van der Waals surface area contributed by atoms with E-state index in [0.717, 1.165) is 5.56 Å². The molecule has 0 saturated carbocycles. The second-order valence-corrected chi connectivity index (χ2v) is 5.44. The predicted octanol–water partition coefficient (Wildman–Crippen LogP) is 2.07. The number of carbonyl (C=O) groups excluding carboxylic acids is 1. The summed E-state index contributed by atoms with van der Waals surface area (Å²) >= 11 is 0. The van der Waals surface area contributed by atoms with Gasteiger partial charge in [0, 0.05) is 0 Å². The quantitative estimate of drug-likeness (QED) is 0.676. The standard InChI is InChI=1S/C17H14O4/c18-14-11-16(19,12-7-3-1-4-8-12)17(15(20-14)21-17)13-9-5-2-6-10-13/h1-10,15,19H,11H2/t15-,16-,17+/m1/s1. The van der Waals surface area contributed by atoms with Crippen LogP contribution in [-0.4, -0.2) is 17.4 Å². The minimum atomic E-state index is -1.42. The molecule has 2 fully saturated rings. The molecule has 0 unspecified atom stereocenters. The highest BCUT2D eigenvalue weighted by atomic mass is 16.8. The minimum absolute atomic E-state index is 0.123. The van der Waals surface area contributed by atoms with Crippen molar-refractivity contribution in [3.05, 3.63) is 71.8 Å². The maximum Gasteiger partial charge on any atom is 0.311 e. The molecule has 2 aromatic carbocycles. The lowest BCUT2D eigenvalue weighted by Gasteiger charge is -2.36. The second kappa shape index (κ2) is 4.16. The highest BCUT2D eigenvalue weighted by Crippen LogP contribution is 2.62. The van der Waals surface area contributed by atoms with Gasteiger partial charge in [0.2, 0.25) is 6.29 Å². The summed E-state index contributed by atoms with van der Waals surface area (Å²) < 4.78 is 10.9. The largest absolute Gasteiger partial charge is 0.432 e. The number of carbonyl (C=O) groups is 1. The minimum Gasteiger partial charge on any atom is -0.432 e. The molecule has 2 aliphatic heterocycles. The second-order valence-electron chi connectivity index (χ2n) is 5.44. The molecule has 106 valence electrons. The van der Waals surface area contributed by atoms with Gasteiger partial charge in [0.1, 0.15) is 5.60 Å². The van der Waals surface area contributed by atoms with Crippen LogP contribution in [0.4, 0.5) is 0 Å². The molecule has 2 aliphatic rings. The van der Waals surface area contributed by atoms with Crippen LogP contribution in [0.5, 0.6) is 0 Å². The van der Waals surface area contributed by atoms with Gasteiger partial charge in [0.25, 0.3) is 0 Å². The predicted molar refractivity (Wildman–Crippen MR) is 74.0 cm³/mol. The van der Waals surface area contributed by atoms with Gasteiger partial charge in [0.15, 0.2) is 5.60 Å². The Kier molecular flexibility index (Phi) is 2.49. The molecular weight excluding hydrogens is 268 g/mol.